The second-order valence-electron chi connectivity index (χ2n) is 7.64. The van der Waals surface area contributed by atoms with Crippen molar-refractivity contribution in [3.63, 3.8) is 0 Å². The Bertz CT molecular complexity index is 586. The summed E-state index contributed by atoms with van der Waals surface area (Å²) in [4.78, 5) is 9.38. The van der Waals surface area contributed by atoms with E-state index in [-0.39, 0.29) is 11.5 Å². The van der Waals surface area contributed by atoms with Crippen molar-refractivity contribution in [3.05, 3.63) is 23.8 Å². The van der Waals surface area contributed by atoms with Crippen LogP contribution in [0.4, 0.5) is 0 Å². The molecule has 2 aliphatic rings. The van der Waals surface area contributed by atoms with E-state index in [0.29, 0.717) is 46.2 Å². The SMILES string of the molecule is COC(OC)c1ccnc(C2(COCCOC[C@H]3COCCO3)CCCCC2)n1. The molecular weight excluding hydrogens is 376 g/mol. The van der Waals surface area contributed by atoms with E-state index in [1.165, 1.54) is 6.42 Å². The van der Waals surface area contributed by atoms with E-state index in [9.17, 15) is 0 Å². The molecule has 0 unspecified atom stereocenters. The molecule has 29 heavy (non-hydrogen) atoms. The lowest BCUT2D eigenvalue weighted by molar-refractivity contribution is -0.118. The zero-order valence-corrected chi connectivity index (χ0v) is 17.6. The van der Waals surface area contributed by atoms with Crippen LogP contribution >= 0.6 is 0 Å². The molecule has 0 radical (unpaired) electrons. The lowest BCUT2D eigenvalue weighted by Crippen LogP contribution is -2.37. The summed E-state index contributed by atoms with van der Waals surface area (Å²) in [7, 11) is 3.22. The zero-order chi connectivity index (χ0) is 20.4. The third-order valence-corrected chi connectivity index (χ3v) is 5.57. The summed E-state index contributed by atoms with van der Waals surface area (Å²) in [5.74, 6) is 0.822. The number of aromatic nitrogens is 2. The summed E-state index contributed by atoms with van der Waals surface area (Å²) < 4.78 is 33.4. The minimum absolute atomic E-state index is 0.0269. The van der Waals surface area contributed by atoms with Crippen molar-refractivity contribution in [1.82, 2.24) is 9.97 Å². The van der Waals surface area contributed by atoms with Gasteiger partial charge in [0, 0.05) is 20.4 Å². The largest absolute Gasteiger partial charge is 0.378 e. The molecule has 8 nitrogen and oxygen atoms in total. The fraction of sp³-hybridized carbons (Fsp3) is 0.810. The molecule has 164 valence electrons. The Morgan fingerprint density at radius 1 is 1.10 bits per heavy atom. The molecule has 1 aliphatic heterocycles. The molecule has 0 amide bonds. The van der Waals surface area contributed by atoms with Crippen molar-refractivity contribution in [3.8, 4) is 0 Å². The van der Waals surface area contributed by atoms with Crippen LogP contribution in [0, 0.1) is 0 Å². The van der Waals surface area contributed by atoms with Crippen LogP contribution in [0.15, 0.2) is 12.3 Å². The predicted molar refractivity (Wildman–Crippen MR) is 106 cm³/mol. The molecule has 1 saturated carbocycles. The van der Waals surface area contributed by atoms with E-state index in [0.717, 1.165) is 37.2 Å². The van der Waals surface area contributed by atoms with Crippen LogP contribution in [0.25, 0.3) is 0 Å². The van der Waals surface area contributed by atoms with Gasteiger partial charge < -0.3 is 28.4 Å². The number of hydrogen-bond donors (Lipinski definition) is 0. The first-order valence-electron chi connectivity index (χ1n) is 10.5. The van der Waals surface area contributed by atoms with Crippen LogP contribution in [0.2, 0.25) is 0 Å². The van der Waals surface area contributed by atoms with E-state index in [2.05, 4.69) is 4.98 Å². The van der Waals surface area contributed by atoms with Gasteiger partial charge in [-0.3, -0.25) is 0 Å². The molecule has 2 fully saturated rings. The second-order valence-corrected chi connectivity index (χ2v) is 7.64. The molecule has 1 aliphatic carbocycles. The van der Waals surface area contributed by atoms with Crippen LogP contribution in [-0.2, 0) is 33.8 Å². The molecule has 1 aromatic heterocycles. The molecule has 3 rings (SSSR count). The lowest BCUT2D eigenvalue weighted by Gasteiger charge is -2.36. The fourth-order valence-electron chi connectivity index (χ4n) is 3.99. The van der Waals surface area contributed by atoms with Crippen LogP contribution in [-0.4, -0.2) is 76.5 Å². The topological polar surface area (TPSA) is 81.2 Å². The highest BCUT2D eigenvalue weighted by molar-refractivity contribution is 5.14. The van der Waals surface area contributed by atoms with E-state index >= 15 is 0 Å². The van der Waals surface area contributed by atoms with E-state index in [1.54, 1.807) is 20.4 Å². The summed E-state index contributed by atoms with van der Waals surface area (Å²) in [6.45, 7) is 4.10. The Hall–Kier alpha value is -1.16. The van der Waals surface area contributed by atoms with Crippen molar-refractivity contribution in [2.45, 2.75) is 49.9 Å². The second kappa shape index (κ2) is 11.9. The molecule has 1 saturated heterocycles. The number of rotatable bonds is 11. The highest BCUT2D eigenvalue weighted by Gasteiger charge is 2.37. The Morgan fingerprint density at radius 2 is 1.90 bits per heavy atom. The van der Waals surface area contributed by atoms with Gasteiger partial charge in [0.15, 0.2) is 0 Å². The van der Waals surface area contributed by atoms with Gasteiger partial charge in [-0.05, 0) is 18.9 Å². The average molecular weight is 411 g/mol. The Balaban J connectivity index is 1.52. The Morgan fingerprint density at radius 3 is 2.62 bits per heavy atom. The molecule has 1 atom stereocenters. The van der Waals surface area contributed by atoms with Crippen molar-refractivity contribution in [2.24, 2.45) is 0 Å². The molecule has 0 aromatic carbocycles. The average Bonchev–Trinajstić information content (AvgIpc) is 2.78. The standard InChI is InChI=1S/C21H34N2O6/c1-24-19(25-2)18-6-9-22-20(23-18)21(7-4-3-5-8-21)16-28-11-10-26-14-17-15-27-12-13-29-17/h6,9,17,19H,3-5,7-8,10-16H2,1-2H3/t17-/m0/s1. The fourth-order valence-corrected chi connectivity index (χ4v) is 3.99. The molecule has 2 heterocycles. The third kappa shape index (κ3) is 6.41. The van der Waals surface area contributed by atoms with E-state index in [4.69, 9.17) is 33.4 Å². The van der Waals surface area contributed by atoms with Gasteiger partial charge in [-0.1, -0.05) is 19.3 Å². The molecule has 0 N–H and O–H groups in total. The van der Waals surface area contributed by atoms with Crippen LogP contribution in [0.1, 0.15) is 49.9 Å². The van der Waals surface area contributed by atoms with Crippen LogP contribution < -0.4 is 0 Å². The van der Waals surface area contributed by atoms with Gasteiger partial charge in [0.1, 0.15) is 11.9 Å². The van der Waals surface area contributed by atoms with Crippen LogP contribution in [0.3, 0.4) is 0 Å². The van der Waals surface area contributed by atoms with Gasteiger partial charge in [-0.25, -0.2) is 9.97 Å². The Labute approximate surface area is 173 Å². The van der Waals surface area contributed by atoms with Gasteiger partial charge in [0.25, 0.3) is 0 Å². The molecule has 8 heteroatoms. The summed E-state index contributed by atoms with van der Waals surface area (Å²) in [6, 6.07) is 1.84. The van der Waals surface area contributed by atoms with Crippen molar-refractivity contribution < 1.29 is 28.4 Å². The van der Waals surface area contributed by atoms with Crippen molar-refractivity contribution >= 4 is 0 Å². The summed E-state index contributed by atoms with van der Waals surface area (Å²) in [5.41, 5.74) is 0.573. The highest BCUT2D eigenvalue weighted by Crippen LogP contribution is 2.38. The molecule has 1 aromatic rings. The molecule has 0 spiro atoms. The van der Waals surface area contributed by atoms with Gasteiger partial charge in [0.05, 0.1) is 57.4 Å². The maximum Gasteiger partial charge on any atom is 0.200 e. The minimum atomic E-state index is -0.488. The lowest BCUT2D eigenvalue weighted by atomic mass is 9.74. The van der Waals surface area contributed by atoms with Crippen LogP contribution in [0.5, 0.6) is 0 Å². The predicted octanol–water partition coefficient (Wildman–Crippen LogP) is 2.42. The number of hydrogen-bond acceptors (Lipinski definition) is 8. The Kier molecular flexibility index (Phi) is 9.23. The summed E-state index contributed by atoms with van der Waals surface area (Å²) in [6.07, 6.45) is 6.93. The highest BCUT2D eigenvalue weighted by atomic mass is 16.7. The first kappa shape index (κ1) is 22.5. The van der Waals surface area contributed by atoms with Crippen molar-refractivity contribution in [1.29, 1.82) is 0 Å². The normalized spacial score (nSPS) is 22.1. The van der Waals surface area contributed by atoms with Gasteiger partial charge >= 0.3 is 0 Å². The first-order chi connectivity index (χ1) is 14.3. The third-order valence-electron chi connectivity index (χ3n) is 5.57. The molecule has 0 bridgehead atoms. The maximum absolute atomic E-state index is 6.03. The van der Waals surface area contributed by atoms with E-state index < -0.39 is 6.29 Å². The quantitative estimate of drug-likeness (QED) is 0.406. The molecular formula is C21H34N2O6. The van der Waals surface area contributed by atoms with Gasteiger partial charge in [-0.2, -0.15) is 0 Å². The maximum atomic E-state index is 6.03. The monoisotopic (exact) mass is 410 g/mol. The number of nitrogens with zero attached hydrogens (tertiary/aromatic N) is 2. The van der Waals surface area contributed by atoms with Gasteiger partial charge in [0.2, 0.25) is 6.29 Å². The zero-order valence-electron chi connectivity index (χ0n) is 17.6. The summed E-state index contributed by atoms with van der Waals surface area (Å²) >= 11 is 0. The number of methoxy groups -OCH3 is 2. The summed E-state index contributed by atoms with van der Waals surface area (Å²) in [5, 5.41) is 0. The van der Waals surface area contributed by atoms with E-state index in [1.807, 2.05) is 6.07 Å². The minimum Gasteiger partial charge on any atom is -0.378 e. The smallest absolute Gasteiger partial charge is 0.200 e. The first-order valence-corrected chi connectivity index (χ1v) is 10.5. The van der Waals surface area contributed by atoms with Crippen molar-refractivity contribution in [2.75, 3.05) is 60.5 Å². The number of ether oxygens (including phenoxy) is 6. The van der Waals surface area contributed by atoms with Gasteiger partial charge in [-0.15, -0.1) is 0 Å².